The molecule has 2 heterocycles. The quantitative estimate of drug-likeness (QED) is 0.913. The van der Waals surface area contributed by atoms with Gasteiger partial charge in [-0.2, -0.15) is 0 Å². The molecule has 2 aromatic rings. The maximum Gasteiger partial charge on any atom is 0.140 e. The molecule has 2 rings (SSSR count). The standard InChI is InChI=1S/C14H16ClN3O/c1-2-13(16)14(10-4-3-5-17-7-10)19-12-6-11(15)8-18-9-12/h3-9,13-14H,2,16H2,1H3. The fourth-order valence-electron chi connectivity index (χ4n) is 1.76. The van der Waals surface area contributed by atoms with E-state index < -0.39 is 0 Å². The first-order chi connectivity index (χ1) is 9.20. The third kappa shape index (κ3) is 3.66. The van der Waals surface area contributed by atoms with Gasteiger partial charge in [0.25, 0.3) is 0 Å². The minimum absolute atomic E-state index is 0.122. The molecule has 100 valence electrons. The zero-order valence-corrected chi connectivity index (χ0v) is 11.4. The second kappa shape index (κ2) is 6.50. The molecular weight excluding hydrogens is 262 g/mol. The van der Waals surface area contributed by atoms with Crippen LogP contribution in [-0.2, 0) is 0 Å². The van der Waals surface area contributed by atoms with E-state index in [1.54, 1.807) is 30.9 Å². The molecule has 2 atom stereocenters. The number of hydrogen-bond acceptors (Lipinski definition) is 4. The lowest BCUT2D eigenvalue weighted by molar-refractivity contribution is 0.170. The van der Waals surface area contributed by atoms with Gasteiger partial charge in [-0.3, -0.25) is 9.97 Å². The van der Waals surface area contributed by atoms with E-state index in [1.807, 2.05) is 19.1 Å². The van der Waals surface area contributed by atoms with Crippen molar-refractivity contribution in [2.75, 3.05) is 0 Å². The number of rotatable bonds is 5. The lowest BCUT2D eigenvalue weighted by Crippen LogP contribution is -2.31. The molecule has 0 radical (unpaired) electrons. The highest BCUT2D eigenvalue weighted by Crippen LogP contribution is 2.25. The molecule has 2 aromatic heterocycles. The van der Waals surface area contributed by atoms with Gasteiger partial charge >= 0.3 is 0 Å². The van der Waals surface area contributed by atoms with E-state index in [1.165, 1.54) is 0 Å². The second-order valence-corrected chi connectivity index (χ2v) is 4.67. The number of pyridine rings is 2. The lowest BCUT2D eigenvalue weighted by atomic mass is 10.0. The maximum atomic E-state index is 6.13. The van der Waals surface area contributed by atoms with Crippen LogP contribution in [0.1, 0.15) is 25.0 Å². The lowest BCUT2D eigenvalue weighted by Gasteiger charge is -2.24. The average molecular weight is 278 g/mol. The summed E-state index contributed by atoms with van der Waals surface area (Å²) in [4.78, 5) is 8.11. The van der Waals surface area contributed by atoms with Crippen molar-refractivity contribution < 1.29 is 4.74 Å². The van der Waals surface area contributed by atoms with E-state index >= 15 is 0 Å². The number of ether oxygens (including phenoxy) is 1. The summed E-state index contributed by atoms with van der Waals surface area (Å²) < 4.78 is 5.92. The Morgan fingerprint density at radius 3 is 2.79 bits per heavy atom. The van der Waals surface area contributed by atoms with Gasteiger partial charge in [0.2, 0.25) is 0 Å². The van der Waals surface area contributed by atoms with Crippen molar-refractivity contribution in [3.05, 3.63) is 53.6 Å². The van der Waals surface area contributed by atoms with Gasteiger partial charge in [0.1, 0.15) is 11.9 Å². The van der Waals surface area contributed by atoms with Gasteiger partial charge in [0, 0.05) is 36.3 Å². The van der Waals surface area contributed by atoms with Crippen LogP contribution in [0.3, 0.4) is 0 Å². The van der Waals surface area contributed by atoms with Crippen molar-refractivity contribution in [2.24, 2.45) is 5.73 Å². The van der Waals surface area contributed by atoms with E-state index in [2.05, 4.69) is 9.97 Å². The molecule has 0 aromatic carbocycles. The van der Waals surface area contributed by atoms with Crippen LogP contribution in [0.25, 0.3) is 0 Å². The monoisotopic (exact) mass is 277 g/mol. The summed E-state index contributed by atoms with van der Waals surface area (Å²) in [5.74, 6) is 0.602. The van der Waals surface area contributed by atoms with Gasteiger partial charge in [-0.15, -0.1) is 0 Å². The maximum absolute atomic E-state index is 6.13. The molecule has 2 unspecified atom stereocenters. The molecule has 0 bridgehead atoms. The molecule has 0 amide bonds. The molecule has 0 aliphatic heterocycles. The summed E-state index contributed by atoms with van der Waals surface area (Å²) in [5, 5.41) is 0.535. The van der Waals surface area contributed by atoms with E-state index in [-0.39, 0.29) is 12.1 Å². The molecule has 0 aliphatic carbocycles. The Balaban J connectivity index is 2.24. The van der Waals surface area contributed by atoms with Gasteiger partial charge in [-0.25, -0.2) is 0 Å². The molecule has 4 nitrogen and oxygen atoms in total. The molecule has 2 N–H and O–H groups in total. The Labute approximate surface area is 117 Å². The number of halogens is 1. The SMILES string of the molecule is CCC(N)C(Oc1cncc(Cl)c1)c1cccnc1. The average Bonchev–Trinajstić information content (AvgIpc) is 2.45. The summed E-state index contributed by atoms with van der Waals surface area (Å²) in [6.07, 6.45) is 7.20. The molecule has 0 saturated carbocycles. The third-order valence-corrected chi connectivity index (χ3v) is 3.02. The van der Waals surface area contributed by atoms with Crippen molar-refractivity contribution in [1.29, 1.82) is 0 Å². The Bertz CT molecular complexity index is 521. The molecular formula is C14H16ClN3O. The first kappa shape index (κ1) is 13.8. The highest BCUT2D eigenvalue weighted by molar-refractivity contribution is 6.30. The van der Waals surface area contributed by atoms with Gasteiger partial charge in [0.05, 0.1) is 11.2 Å². The Morgan fingerprint density at radius 1 is 1.32 bits per heavy atom. The predicted molar refractivity (Wildman–Crippen MR) is 75.1 cm³/mol. The number of hydrogen-bond donors (Lipinski definition) is 1. The van der Waals surface area contributed by atoms with Crippen molar-refractivity contribution in [3.63, 3.8) is 0 Å². The highest BCUT2D eigenvalue weighted by atomic mass is 35.5. The van der Waals surface area contributed by atoms with Gasteiger partial charge in [-0.1, -0.05) is 24.6 Å². The molecule has 19 heavy (non-hydrogen) atoms. The van der Waals surface area contributed by atoms with Crippen LogP contribution in [0, 0.1) is 0 Å². The van der Waals surface area contributed by atoms with Gasteiger partial charge in [-0.05, 0) is 12.5 Å². The summed E-state index contributed by atoms with van der Waals surface area (Å²) in [6, 6.07) is 5.42. The number of nitrogens with zero attached hydrogens (tertiary/aromatic N) is 2. The fraction of sp³-hybridized carbons (Fsp3) is 0.286. The fourth-order valence-corrected chi connectivity index (χ4v) is 1.93. The van der Waals surface area contributed by atoms with E-state index in [0.29, 0.717) is 10.8 Å². The molecule has 0 saturated heterocycles. The van der Waals surface area contributed by atoms with Crippen LogP contribution < -0.4 is 10.5 Å². The minimum atomic E-state index is -0.265. The van der Waals surface area contributed by atoms with Gasteiger partial charge in [0.15, 0.2) is 0 Å². The summed E-state index contributed by atoms with van der Waals surface area (Å²) in [7, 11) is 0. The smallest absolute Gasteiger partial charge is 0.140 e. The van der Waals surface area contributed by atoms with Crippen molar-refractivity contribution in [1.82, 2.24) is 9.97 Å². The van der Waals surface area contributed by atoms with E-state index in [4.69, 9.17) is 22.1 Å². The first-order valence-corrected chi connectivity index (χ1v) is 6.51. The van der Waals surface area contributed by atoms with Crippen LogP contribution in [0.4, 0.5) is 0 Å². The van der Waals surface area contributed by atoms with Crippen molar-refractivity contribution >= 4 is 11.6 Å². The van der Waals surface area contributed by atoms with Crippen LogP contribution in [0.15, 0.2) is 43.0 Å². The van der Waals surface area contributed by atoms with E-state index in [9.17, 15) is 0 Å². The Hall–Kier alpha value is -1.65. The van der Waals surface area contributed by atoms with Crippen LogP contribution in [-0.4, -0.2) is 16.0 Å². The summed E-state index contributed by atoms with van der Waals surface area (Å²) >= 11 is 5.90. The Kier molecular flexibility index (Phi) is 4.71. The molecule has 5 heteroatoms. The number of nitrogens with two attached hydrogens (primary N) is 1. The predicted octanol–water partition coefficient (Wildman–Crippen LogP) is 2.99. The van der Waals surface area contributed by atoms with Crippen molar-refractivity contribution in [2.45, 2.75) is 25.5 Å². The first-order valence-electron chi connectivity index (χ1n) is 6.13. The van der Waals surface area contributed by atoms with Crippen LogP contribution in [0.5, 0.6) is 5.75 Å². The van der Waals surface area contributed by atoms with E-state index in [0.717, 1.165) is 12.0 Å². The largest absolute Gasteiger partial charge is 0.482 e. The molecule has 0 spiro atoms. The third-order valence-electron chi connectivity index (χ3n) is 2.82. The molecule has 0 fully saturated rings. The normalized spacial score (nSPS) is 13.8. The van der Waals surface area contributed by atoms with Gasteiger partial charge < -0.3 is 10.5 Å². The Morgan fingerprint density at radius 2 is 2.16 bits per heavy atom. The van der Waals surface area contributed by atoms with Crippen molar-refractivity contribution in [3.8, 4) is 5.75 Å². The van der Waals surface area contributed by atoms with Crippen LogP contribution >= 0.6 is 11.6 Å². The zero-order valence-electron chi connectivity index (χ0n) is 10.7. The minimum Gasteiger partial charge on any atom is -0.482 e. The highest BCUT2D eigenvalue weighted by Gasteiger charge is 2.20. The topological polar surface area (TPSA) is 61.0 Å². The summed E-state index contributed by atoms with van der Waals surface area (Å²) in [5.41, 5.74) is 7.07. The van der Waals surface area contributed by atoms with Crippen LogP contribution in [0.2, 0.25) is 5.02 Å². The molecule has 0 aliphatic rings. The second-order valence-electron chi connectivity index (χ2n) is 4.24. The summed E-state index contributed by atoms with van der Waals surface area (Å²) in [6.45, 7) is 2.02. The number of aromatic nitrogens is 2. The zero-order chi connectivity index (χ0) is 13.7.